The molecule has 0 saturated carbocycles. The minimum absolute atomic E-state index is 0.308. The first kappa shape index (κ1) is 16.6. The number of carbonyl (C=O) groups excluding carboxylic acids is 1. The van der Waals surface area contributed by atoms with E-state index in [-0.39, 0.29) is 12.1 Å². The number of nitrogens with zero attached hydrogens (tertiary/aromatic N) is 1. The van der Waals surface area contributed by atoms with Gasteiger partial charge in [0.25, 0.3) is 0 Å². The minimum atomic E-state index is -0.968. The Morgan fingerprint density at radius 2 is 2.09 bits per heavy atom. The summed E-state index contributed by atoms with van der Waals surface area (Å²) in [5, 5.41) is 10.1. The van der Waals surface area contributed by atoms with Crippen molar-refractivity contribution < 1.29 is 14.6 Å². The van der Waals surface area contributed by atoms with Crippen LogP contribution in [-0.2, 0) is 10.3 Å². The van der Waals surface area contributed by atoms with Crippen molar-refractivity contribution in [2.45, 2.75) is 50.9 Å². The molecule has 0 aromatic heterocycles. The molecule has 2 atom stereocenters. The summed E-state index contributed by atoms with van der Waals surface area (Å²) in [5.41, 5.74) is -0.640. The van der Waals surface area contributed by atoms with Gasteiger partial charge in [-0.15, -0.1) is 6.58 Å². The molecule has 0 bridgehead atoms. The summed E-state index contributed by atoms with van der Waals surface area (Å²) in [7, 11) is 0. The topological polar surface area (TPSA) is 49.8 Å². The summed E-state index contributed by atoms with van der Waals surface area (Å²) < 4.78 is 5.83. The van der Waals surface area contributed by atoms with E-state index in [1.807, 2.05) is 37.3 Å². The number of cyclic esters (lactones) is 1. The highest BCUT2D eigenvalue weighted by Gasteiger charge is 2.44. The maximum Gasteiger partial charge on any atom is 0.411 e. The van der Waals surface area contributed by atoms with Crippen molar-refractivity contribution >= 4 is 6.09 Å². The number of benzene rings is 1. The van der Waals surface area contributed by atoms with Crippen molar-refractivity contribution in [3.8, 4) is 0 Å². The van der Waals surface area contributed by atoms with E-state index in [2.05, 4.69) is 6.58 Å². The number of hydrogen-bond acceptors (Lipinski definition) is 3. The van der Waals surface area contributed by atoms with Gasteiger partial charge in [0, 0.05) is 19.4 Å². The third-order valence-corrected chi connectivity index (χ3v) is 4.54. The number of carbonyl (C=O) groups is 1. The zero-order valence-corrected chi connectivity index (χ0v) is 13.6. The number of amides is 1. The van der Waals surface area contributed by atoms with Gasteiger partial charge in [-0.2, -0.15) is 0 Å². The molecule has 1 aliphatic heterocycles. The van der Waals surface area contributed by atoms with Gasteiger partial charge in [-0.25, -0.2) is 4.79 Å². The predicted octanol–water partition coefficient (Wildman–Crippen LogP) is 3.46. The van der Waals surface area contributed by atoms with Crippen molar-refractivity contribution in [2.24, 2.45) is 0 Å². The Morgan fingerprint density at radius 3 is 2.59 bits per heavy atom. The fourth-order valence-electron chi connectivity index (χ4n) is 2.84. The van der Waals surface area contributed by atoms with Crippen LogP contribution in [0.3, 0.4) is 0 Å². The molecule has 1 aromatic carbocycles. The largest absolute Gasteiger partial charge is 0.437 e. The molecule has 1 amide bonds. The Balaban J connectivity index is 2.25. The van der Waals surface area contributed by atoms with E-state index in [0.29, 0.717) is 19.4 Å². The SMILES string of the molecule is C=CC[C@@]1(c2ccccc2)CCN(C(C)C(C)(C)O)C(=O)O1. The molecule has 4 heteroatoms. The minimum Gasteiger partial charge on any atom is -0.437 e. The standard InChI is InChI=1S/C18H25NO3/c1-5-11-18(15-9-7-6-8-10-15)12-13-19(16(20)22-18)14(2)17(3,4)21/h5-10,14,21H,1,11-13H2,2-4H3/t14?,18-/m0/s1. The zero-order chi connectivity index (χ0) is 16.4. The quantitative estimate of drug-likeness (QED) is 0.848. The van der Waals surface area contributed by atoms with Crippen LogP contribution in [0.1, 0.15) is 39.2 Å². The molecular weight excluding hydrogens is 278 g/mol. The molecule has 0 radical (unpaired) electrons. The predicted molar refractivity (Wildman–Crippen MR) is 86.5 cm³/mol. The van der Waals surface area contributed by atoms with Gasteiger partial charge in [0.2, 0.25) is 0 Å². The molecule has 0 spiro atoms. The fourth-order valence-corrected chi connectivity index (χ4v) is 2.84. The normalized spacial score (nSPS) is 23.8. The van der Waals surface area contributed by atoms with Crippen molar-refractivity contribution in [1.29, 1.82) is 0 Å². The van der Waals surface area contributed by atoms with E-state index in [9.17, 15) is 9.90 Å². The summed E-state index contributed by atoms with van der Waals surface area (Å²) in [6.07, 6.45) is 2.66. The van der Waals surface area contributed by atoms with Crippen LogP contribution in [0.5, 0.6) is 0 Å². The van der Waals surface area contributed by atoms with Crippen LogP contribution in [0.2, 0.25) is 0 Å². The van der Waals surface area contributed by atoms with E-state index < -0.39 is 11.2 Å². The molecular formula is C18H25NO3. The van der Waals surface area contributed by atoms with Gasteiger partial charge in [0.05, 0.1) is 11.6 Å². The van der Waals surface area contributed by atoms with Gasteiger partial charge in [-0.1, -0.05) is 36.4 Å². The van der Waals surface area contributed by atoms with E-state index in [4.69, 9.17) is 4.74 Å². The van der Waals surface area contributed by atoms with Gasteiger partial charge in [-0.05, 0) is 26.3 Å². The molecule has 22 heavy (non-hydrogen) atoms. The van der Waals surface area contributed by atoms with Crippen molar-refractivity contribution in [3.63, 3.8) is 0 Å². The molecule has 1 fully saturated rings. The summed E-state index contributed by atoms with van der Waals surface area (Å²) in [5.74, 6) is 0. The van der Waals surface area contributed by atoms with Gasteiger partial charge >= 0.3 is 6.09 Å². The Morgan fingerprint density at radius 1 is 1.45 bits per heavy atom. The lowest BCUT2D eigenvalue weighted by Crippen LogP contribution is -2.56. The number of aliphatic hydroxyl groups is 1. The third-order valence-electron chi connectivity index (χ3n) is 4.54. The van der Waals surface area contributed by atoms with E-state index >= 15 is 0 Å². The smallest absolute Gasteiger partial charge is 0.411 e. The average molecular weight is 303 g/mol. The molecule has 4 nitrogen and oxygen atoms in total. The molecule has 1 heterocycles. The van der Waals surface area contributed by atoms with Crippen molar-refractivity contribution in [2.75, 3.05) is 6.54 Å². The molecule has 1 saturated heterocycles. The van der Waals surface area contributed by atoms with Crippen LogP contribution in [0.25, 0.3) is 0 Å². The van der Waals surface area contributed by atoms with Crippen molar-refractivity contribution in [1.82, 2.24) is 4.90 Å². The molecule has 1 aliphatic rings. The van der Waals surface area contributed by atoms with Crippen molar-refractivity contribution in [3.05, 3.63) is 48.6 Å². The lowest BCUT2D eigenvalue weighted by Gasteiger charge is -2.45. The van der Waals surface area contributed by atoms with Crippen LogP contribution < -0.4 is 0 Å². The second-order valence-corrected chi connectivity index (χ2v) is 6.49. The summed E-state index contributed by atoms with van der Waals surface area (Å²) in [6, 6.07) is 9.48. The number of ether oxygens (including phenoxy) is 1. The van der Waals surface area contributed by atoms with Gasteiger partial charge in [0.15, 0.2) is 0 Å². The molecule has 1 N–H and O–H groups in total. The van der Waals surface area contributed by atoms with Crippen LogP contribution in [0.4, 0.5) is 4.79 Å². The Hall–Kier alpha value is -1.81. The third kappa shape index (κ3) is 3.17. The first-order valence-corrected chi connectivity index (χ1v) is 7.68. The average Bonchev–Trinajstić information content (AvgIpc) is 2.47. The summed E-state index contributed by atoms with van der Waals surface area (Å²) in [6.45, 7) is 9.59. The first-order chi connectivity index (χ1) is 10.3. The highest BCUT2D eigenvalue weighted by atomic mass is 16.6. The maximum absolute atomic E-state index is 12.5. The second-order valence-electron chi connectivity index (χ2n) is 6.49. The highest BCUT2D eigenvalue weighted by molar-refractivity contribution is 5.70. The van der Waals surface area contributed by atoms with Crippen LogP contribution in [0.15, 0.2) is 43.0 Å². The monoisotopic (exact) mass is 303 g/mol. The molecule has 0 aliphatic carbocycles. The van der Waals surface area contributed by atoms with Gasteiger partial charge in [0.1, 0.15) is 5.60 Å². The van der Waals surface area contributed by atoms with E-state index in [1.165, 1.54) is 0 Å². The second kappa shape index (κ2) is 6.13. The Labute approximate surface area is 132 Å². The molecule has 1 aromatic rings. The van der Waals surface area contributed by atoms with Crippen LogP contribution in [0, 0.1) is 0 Å². The fraction of sp³-hybridized carbons (Fsp3) is 0.500. The summed E-state index contributed by atoms with van der Waals surface area (Å²) >= 11 is 0. The van der Waals surface area contributed by atoms with E-state index in [0.717, 1.165) is 5.56 Å². The van der Waals surface area contributed by atoms with Crippen LogP contribution >= 0.6 is 0 Å². The number of rotatable bonds is 5. The molecule has 2 rings (SSSR count). The lowest BCUT2D eigenvalue weighted by atomic mass is 9.85. The molecule has 120 valence electrons. The van der Waals surface area contributed by atoms with Crippen LogP contribution in [-0.4, -0.2) is 34.3 Å². The zero-order valence-electron chi connectivity index (χ0n) is 13.6. The molecule has 1 unspecified atom stereocenters. The Kier molecular flexibility index (Phi) is 4.61. The Bertz CT molecular complexity index is 535. The van der Waals surface area contributed by atoms with Gasteiger partial charge < -0.3 is 14.7 Å². The lowest BCUT2D eigenvalue weighted by molar-refractivity contribution is -0.0845. The first-order valence-electron chi connectivity index (χ1n) is 7.68. The number of hydrogen-bond donors (Lipinski definition) is 1. The van der Waals surface area contributed by atoms with Gasteiger partial charge in [-0.3, -0.25) is 0 Å². The summed E-state index contributed by atoms with van der Waals surface area (Å²) in [4.78, 5) is 14.1. The highest BCUT2D eigenvalue weighted by Crippen LogP contribution is 2.38. The maximum atomic E-state index is 12.5. The van der Waals surface area contributed by atoms with E-state index in [1.54, 1.807) is 24.8 Å².